The smallest absolute Gasteiger partial charge is 0.325 e. The maximum Gasteiger partial charge on any atom is 0.404 e. The van der Waals surface area contributed by atoms with Crippen molar-refractivity contribution in [2.75, 3.05) is 18.4 Å². The molecule has 20 heavy (non-hydrogen) atoms. The third kappa shape index (κ3) is 2.56. The van der Waals surface area contributed by atoms with Gasteiger partial charge >= 0.3 is 6.18 Å². The molecule has 0 aromatic heterocycles. The Morgan fingerprint density at radius 3 is 2.70 bits per heavy atom. The van der Waals surface area contributed by atoms with E-state index in [2.05, 4.69) is 26.6 Å². The van der Waals surface area contributed by atoms with Crippen LogP contribution in [-0.4, -0.2) is 25.2 Å². The fourth-order valence-electron chi connectivity index (χ4n) is 2.24. The summed E-state index contributed by atoms with van der Waals surface area (Å²) < 4.78 is 40.5. The van der Waals surface area contributed by atoms with Gasteiger partial charge in [0.25, 0.3) is 0 Å². The van der Waals surface area contributed by atoms with E-state index in [4.69, 9.17) is 0 Å². The van der Waals surface area contributed by atoms with Crippen molar-refractivity contribution in [1.29, 1.82) is 0 Å². The molecule has 0 aliphatic carbocycles. The Labute approximate surface area is 123 Å². The lowest BCUT2D eigenvalue weighted by atomic mass is 9.85. The van der Waals surface area contributed by atoms with E-state index in [0.717, 1.165) is 4.47 Å². The lowest BCUT2D eigenvalue weighted by molar-refractivity contribution is -0.213. The topological polar surface area (TPSA) is 41.1 Å². The second-order valence-corrected chi connectivity index (χ2v) is 5.73. The Morgan fingerprint density at radius 1 is 1.45 bits per heavy atom. The fraction of sp³-hybridized carbons (Fsp3) is 0.462. The van der Waals surface area contributed by atoms with Crippen LogP contribution in [0, 0.1) is 12.3 Å². The molecule has 0 bridgehead atoms. The minimum Gasteiger partial charge on any atom is -0.325 e. The first-order chi connectivity index (χ1) is 9.28. The number of anilines is 1. The largest absolute Gasteiger partial charge is 0.404 e. The number of halogens is 4. The highest BCUT2D eigenvalue weighted by atomic mass is 79.9. The molecule has 1 amide bonds. The number of nitrogens with one attached hydrogen (secondary N) is 2. The molecule has 110 valence electrons. The van der Waals surface area contributed by atoms with Crippen molar-refractivity contribution in [3.8, 4) is 0 Å². The third-order valence-electron chi connectivity index (χ3n) is 3.65. The van der Waals surface area contributed by atoms with Crippen LogP contribution in [0.4, 0.5) is 18.9 Å². The SMILES string of the molecule is Cc1c(Br)cccc1NC(=O)C1(C(F)(F)F)CCNC1. The second-order valence-electron chi connectivity index (χ2n) is 4.87. The van der Waals surface area contributed by atoms with Crippen LogP contribution in [-0.2, 0) is 4.79 Å². The molecule has 7 heteroatoms. The first-order valence-electron chi connectivity index (χ1n) is 6.12. The lowest BCUT2D eigenvalue weighted by Gasteiger charge is -2.29. The van der Waals surface area contributed by atoms with Crippen molar-refractivity contribution in [1.82, 2.24) is 5.32 Å². The first kappa shape index (κ1) is 15.3. The second kappa shape index (κ2) is 5.37. The minimum absolute atomic E-state index is 0.185. The summed E-state index contributed by atoms with van der Waals surface area (Å²) in [7, 11) is 0. The summed E-state index contributed by atoms with van der Waals surface area (Å²) in [5.41, 5.74) is -1.26. The van der Waals surface area contributed by atoms with E-state index < -0.39 is 17.5 Å². The number of hydrogen-bond donors (Lipinski definition) is 2. The molecule has 2 N–H and O–H groups in total. The van der Waals surface area contributed by atoms with Gasteiger partial charge in [0.05, 0.1) is 0 Å². The quantitative estimate of drug-likeness (QED) is 0.859. The van der Waals surface area contributed by atoms with Gasteiger partial charge in [0.1, 0.15) is 0 Å². The lowest BCUT2D eigenvalue weighted by Crippen LogP contribution is -2.49. The molecule has 1 saturated heterocycles. The Kier molecular flexibility index (Phi) is 4.11. The van der Waals surface area contributed by atoms with E-state index in [1.54, 1.807) is 25.1 Å². The van der Waals surface area contributed by atoms with Crippen LogP contribution < -0.4 is 10.6 Å². The summed E-state index contributed by atoms with van der Waals surface area (Å²) in [6, 6.07) is 5.02. The molecular formula is C13H14BrF3N2O. The molecule has 0 spiro atoms. The summed E-state index contributed by atoms with van der Waals surface area (Å²) >= 11 is 3.29. The highest BCUT2D eigenvalue weighted by molar-refractivity contribution is 9.10. The van der Waals surface area contributed by atoms with E-state index in [1.807, 2.05) is 0 Å². The molecule has 1 aliphatic heterocycles. The average molecular weight is 351 g/mol. The Bertz CT molecular complexity index is 525. The summed E-state index contributed by atoms with van der Waals surface area (Å²) in [5, 5.41) is 5.03. The highest BCUT2D eigenvalue weighted by Crippen LogP contribution is 2.44. The van der Waals surface area contributed by atoms with Crippen molar-refractivity contribution in [3.05, 3.63) is 28.2 Å². The number of amides is 1. The molecular weight excluding hydrogens is 337 g/mol. The van der Waals surface area contributed by atoms with Crippen LogP contribution in [0.1, 0.15) is 12.0 Å². The van der Waals surface area contributed by atoms with Crippen LogP contribution in [0.15, 0.2) is 22.7 Å². The van der Waals surface area contributed by atoms with Gasteiger partial charge in [0.2, 0.25) is 5.91 Å². The minimum atomic E-state index is -4.57. The van der Waals surface area contributed by atoms with Crippen LogP contribution in [0.3, 0.4) is 0 Å². The summed E-state index contributed by atoms with van der Waals surface area (Å²) in [4.78, 5) is 12.2. The maximum absolute atomic E-state index is 13.2. The molecule has 1 fully saturated rings. The van der Waals surface area contributed by atoms with Crippen LogP contribution >= 0.6 is 15.9 Å². The van der Waals surface area contributed by atoms with Crippen molar-refractivity contribution in [3.63, 3.8) is 0 Å². The van der Waals surface area contributed by atoms with Crippen molar-refractivity contribution in [2.45, 2.75) is 19.5 Å². The standard InChI is InChI=1S/C13H14BrF3N2O/c1-8-9(14)3-2-4-10(8)19-11(20)12(13(15,16)17)5-6-18-7-12/h2-4,18H,5-7H2,1H3,(H,19,20). The highest BCUT2D eigenvalue weighted by Gasteiger charge is 2.61. The fourth-order valence-corrected chi connectivity index (χ4v) is 2.61. The predicted molar refractivity (Wildman–Crippen MR) is 73.5 cm³/mol. The number of hydrogen-bond acceptors (Lipinski definition) is 2. The van der Waals surface area contributed by atoms with E-state index in [-0.39, 0.29) is 19.5 Å². The Balaban J connectivity index is 2.29. The summed E-state index contributed by atoms with van der Waals surface area (Å²) in [6.07, 6.45) is -4.81. The van der Waals surface area contributed by atoms with Gasteiger partial charge < -0.3 is 10.6 Å². The zero-order chi connectivity index (χ0) is 15.0. The van der Waals surface area contributed by atoms with E-state index in [0.29, 0.717) is 11.3 Å². The molecule has 0 radical (unpaired) electrons. The number of rotatable bonds is 2. The van der Waals surface area contributed by atoms with Crippen molar-refractivity contribution < 1.29 is 18.0 Å². The number of carbonyl (C=O) groups is 1. The van der Waals surface area contributed by atoms with Gasteiger partial charge in [0.15, 0.2) is 5.41 Å². The molecule has 1 unspecified atom stereocenters. The van der Waals surface area contributed by atoms with E-state index in [9.17, 15) is 18.0 Å². The molecule has 0 saturated carbocycles. The van der Waals surface area contributed by atoms with Crippen LogP contribution in [0.5, 0.6) is 0 Å². The van der Waals surface area contributed by atoms with Gasteiger partial charge in [-0.05, 0) is 37.6 Å². The monoisotopic (exact) mass is 350 g/mol. The number of benzene rings is 1. The summed E-state index contributed by atoms with van der Waals surface area (Å²) in [5.74, 6) is -1.00. The van der Waals surface area contributed by atoms with Crippen LogP contribution in [0.25, 0.3) is 0 Å². The zero-order valence-corrected chi connectivity index (χ0v) is 12.4. The van der Waals surface area contributed by atoms with Gasteiger partial charge in [-0.15, -0.1) is 0 Å². The molecule has 1 atom stereocenters. The van der Waals surface area contributed by atoms with Gasteiger partial charge in [-0.25, -0.2) is 0 Å². The average Bonchev–Trinajstić information content (AvgIpc) is 2.85. The van der Waals surface area contributed by atoms with Gasteiger partial charge in [-0.1, -0.05) is 22.0 Å². The normalized spacial score (nSPS) is 22.9. The van der Waals surface area contributed by atoms with Crippen LogP contribution in [0.2, 0.25) is 0 Å². The molecule has 3 nitrogen and oxygen atoms in total. The molecule has 1 aliphatic rings. The molecule has 1 aromatic carbocycles. The van der Waals surface area contributed by atoms with Gasteiger partial charge in [0, 0.05) is 16.7 Å². The molecule has 1 aromatic rings. The van der Waals surface area contributed by atoms with Crippen molar-refractivity contribution >= 4 is 27.5 Å². The van der Waals surface area contributed by atoms with Gasteiger partial charge in [-0.2, -0.15) is 13.2 Å². The van der Waals surface area contributed by atoms with E-state index in [1.165, 1.54) is 0 Å². The van der Waals surface area contributed by atoms with Crippen molar-refractivity contribution in [2.24, 2.45) is 5.41 Å². The molecule has 1 heterocycles. The number of alkyl halides is 3. The third-order valence-corrected chi connectivity index (χ3v) is 4.51. The zero-order valence-electron chi connectivity index (χ0n) is 10.8. The Hall–Kier alpha value is -1.08. The van der Waals surface area contributed by atoms with E-state index >= 15 is 0 Å². The van der Waals surface area contributed by atoms with Gasteiger partial charge in [-0.3, -0.25) is 4.79 Å². The first-order valence-corrected chi connectivity index (χ1v) is 6.91. The Morgan fingerprint density at radius 2 is 2.15 bits per heavy atom. The predicted octanol–water partition coefficient (Wildman–Crippen LogP) is 3.24. The maximum atomic E-state index is 13.2. The number of carbonyl (C=O) groups excluding carboxylic acids is 1. The molecule has 2 rings (SSSR count). The summed E-state index contributed by atoms with van der Waals surface area (Å²) in [6.45, 7) is 1.53.